The molecule has 0 amide bonds. The van der Waals surface area contributed by atoms with E-state index in [-0.39, 0.29) is 11.9 Å². The maximum absolute atomic E-state index is 14.2. The lowest BCUT2D eigenvalue weighted by molar-refractivity contribution is 0.628. The normalized spacial score (nSPS) is 12.4. The Hall–Kier alpha value is -3.94. The Labute approximate surface area is 177 Å². The van der Waals surface area contributed by atoms with Gasteiger partial charge in [-0.3, -0.25) is 0 Å². The highest BCUT2D eigenvalue weighted by atomic mass is 19.1. The zero-order valence-corrected chi connectivity index (χ0v) is 17.3. The van der Waals surface area contributed by atoms with E-state index in [1.165, 1.54) is 18.5 Å². The van der Waals surface area contributed by atoms with E-state index in [1.807, 2.05) is 39.0 Å². The molecule has 0 fully saturated rings. The summed E-state index contributed by atoms with van der Waals surface area (Å²) in [5.74, 6) is 0.303. The molecule has 7 nitrogen and oxygen atoms in total. The van der Waals surface area contributed by atoms with E-state index in [0.717, 1.165) is 27.7 Å². The molecule has 2 N–H and O–H groups in total. The van der Waals surface area contributed by atoms with E-state index in [9.17, 15) is 4.39 Å². The summed E-state index contributed by atoms with van der Waals surface area (Å²) in [6.45, 7) is 5.92. The van der Waals surface area contributed by atoms with E-state index in [4.69, 9.17) is 9.97 Å². The number of halogens is 1. The van der Waals surface area contributed by atoms with Crippen LogP contribution in [0.4, 0.5) is 10.2 Å². The van der Waals surface area contributed by atoms with Crippen LogP contribution in [0.1, 0.15) is 29.8 Å². The number of aromatic amines is 1. The third-order valence-corrected chi connectivity index (χ3v) is 5.36. The number of rotatable bonds is 4. The summed E-state index contributed by atoms with van der Waals surface area (Å²) in [4.78, 5) is 25.6. The van der Waals surface area contributed by atoms with Crippen molar-refractivity contribution in [3.05, 3.63) is 71.7 Å². The molecule has 0 aliphatic heterocycles. The third-order valence-electron chi connectivity index (χ3n) is 5.36. The van der Waals surface area contributed by atoms with Crippen LogP contribution in [0.3, 0.4) is 0 Å². The van der Waals surface area contributed by atoms with Crippen molar-refractivity contribution in [3.8, 4) is 11.3 Å². The van der Waals surface area contributed by atoms with Crippen molar-refractivity contribution < 1.29 is 4.39 Å². The fourth-order valence-electron chi connectivity index (χ4n) is 3.73. The van der Waals surface area contributed by atoms with Gasteiger partial charge in [0.1, 0.15) is 17.7 Å². The van der Waals surface area contributed by atoms with Crippen molar-refractivity contribution in [1.29, 1.82) is 0 Å². The molecule has 1 atom stereocenters. The zero-order valence-electron chi connectivity index (χ0n) is 17.3. The van der Waals surface area contributed by atoms with Gasteiger partial charge in [0, 0.05) is 5.56 Å². The van der Waals surface area contributed by atoms with Crippen LogP contribution in [0.25, 0.3) is 33.5 Å². The van der Waals surface area contributed by atoms with Crippen LogP contribution in [-0.4, -0.2) is 29.9 Å². The number of nitrogens with zero attached hydrogens (tertiary/aromatic N) is 5. The predicted molar refractivity (Wildman–Crippen MR) is 118 cm³/mol. The highest BCUT2D eigenvalue weighted by Crippen LogP contribution is 2.32. The predicted octanol–water partition coefficient (Wildman–Crippen LogP) is 4.89. The number of hydrogen-bond donors (Lipinski definition) is 2. The molecule has 3 heterocycles. The number of anilines is 1. The second kappa shape index (κ2) is 7.39. The van der Waals surface area contributed by atoms with Crippen molar-refractivity contribution in [1.82, 2.24) is 29.9 Å². The van der Waals surface area contributed by atoms with E-state index in [1.54, 1.807) is 12.4 Å². The van der Waals surface area contributed by atoms with Gasteiger partial charge in [-0.05, 0) is 50.1 Å². The SMILES string of the molecule is Cc1ccc(F)cc1-c1nc2c(C)cccc2nc1[C@@H](C)Nc1ncnc2nc[nH]c12. The second-order valence-electron chi connectivity index (χ2n) is 7.55. The molecule has 8 heteroatoms. The van der Waals surface area contributed by atoms with Crippen molar-refractivity contribution in [3.63, 3.8) is 0 Å². The smallest absolute Gasteiger partial charge is 0.182 e. The van der Waals surface area contributed by atoms with Crippen LogP contribution in [0.5, 0.6) is 0 Å². The van der Waals surface area contributed by atoms with Gasteiger partial charge in [0.25, 0.3) is 0 Å². The van der Waals surface area contributed by atoms with E-state index >= 15 is 0 Å². The minimum Gasteiger partial charge on any atom is -0.360 e. The summed E-state index contributed by atoms with van der Waals surface area (Å²) in [5, 5.41) is 3.39. The summed E-state index contributed by atoms with van der Waals surface area (Å²) in [7, 11) is 0. The van der Waals surface area contributed by atoms with Crippen molar-refractivity contribution in [2.45, 2.75) is 26.8 Å². The summed E-state index contributed by atoms with van der Waals surface area (Å²) < 4.78 is 14.2. The van der Waals surface area contributed by atoms with Gasteiger partial charge in [-0.15, -0.1) is 0 Å². The van der Waals surface area contributed by atoms with Crippen molar-refractivity contribution in [2.24, 2.45) is 0 Å². The summed E-state index contributed by atoms with van der Waals surface area (Å²) in [6, 6.07) is 10.3. The average Bonchev–Trinajstić information content (AvgIpc) is 3.25. The van der Waals surface area contributed by atoms with Gasteiger partial charge in [0.05, 0.1) is 34.8 Å². The monoisotopic (exact) mass is 413 g/mol. The molecule has 0 unspecified atom stereocenters. The third kappa shape index (κ3) is 3.35. The van der Waals surface area contributed by atoms with Crippen molar-refractivity contribution >= 4 is 28.0 Å². The minimum atomic E-state index is -0.311. The van der Waals surface area contributed by atoms with Gasteiger partial charge in [0.15, 0.2) is 11.5 Å². The second-order valence-corrected chi connectivity index (χ2v) is 7.55. The first kappa shape index (κ1) is 19.0. The molecule has 3 aromatic heterocycles. The first-order valence-corrected chi connectivity index (χ1v) is 9.95. The number of imidazole rings is 1. The fourth-order valence-corrected chi connectivity index (χ4v) is 3.73. The first-order valence-electron chi connectivity index (χ1n) is 9.95. The van der Waals surface area contributed by atoms with Crippen LogP contribution in [0.15, 0.2) is 49.1 Å². The standard InChI is InChI=1S/C23H20FN7/c1-12-7-8-15(24)9-16(12)20-19(30-17-6-4-5-13(2)18(17)31-20)14(3)29-23-21-22(26-10-25-21)27-11-28-23/h4-11,14H,1-3H3,(H2,25,26,27,28,29)/t14-/m1/s1. The Balaban J connectivity index is 1.69. The molecule has 2 aromatic carbocycles. The number of nitrogens with one attached hydrogen (secondary N) is 2. The Bertz CT molecular complexity index is 1430. The van der Waals surface area contributed by atoms with E-state index < -0.39 is 0 Å². The molecular formula is C23H20FN7. The van der Waals surface area contributed by atoms with Gasteiger partial charge >= 0.3 is 0 Å². The maximum atomic E-state index is 14.2. The Morgan fingerprint density at radius 2 is 1.87 bits per heavy atom. The number of para-hydroxylation sites is 1. The van der Waals surface area contributed by atoms with Crippen LogP contribution >= 0.6 is 0 Å². The molecule has 0 aliphatic rings. The lowest BCUT2D eigenvalue weighted by atomic mass is 10.00. The fraction of sp³-hybridized carbons (Fsp3) is 0.174. The van der Waals surface area contributed by atoms with Gasteiger partial charge < -0.3 is 10.3 Å². The zero-order chi connectivity index (χ0) is 21.5. The highest BCUT2D eigenvalue weighted by molar-refractivity contribution is 5.84. The van der Waals surface area contributed by atoms with Gasteiger partial charge in [-0.1, -0.05) is 18.2 Å². The van der Waals surface area contributed by atoms with Crippen LogP contribution in [-0.2, 0) is 0 Å². The van der Waals surface area contributed by atoms with Gasteiger partial charge in [0.2, 0.25) is 0 Å². The molecule has 0 spiro atoms. The van der Waals surface area contributed by atoms with Crippen molar-refractivity contribution in [2.75, 3.05) is 5.32 Å². The largest absolute Gasteiger partial charge is 0.360 e. The average molecular weight is 413 g/mol. The van der Waals surface area contributed by atoms with Crippen LogP contribution in [0.2, 0.25) is 0 Å². The highest BCUT2D eigenvalue weighted by Gasteiger charge is 2.21. The molecule has 5 rings (SSSR count). The number of hydrogen-bond acceptors (Lipinski definition) is 6. The maximum Gasteiger partial charge on any atom is 0.182 e. The molecular weight excluding hydrogens is 393 g/mol. The van der Waals surface area contributed by atoms with E-state index in [2.05, 4.69) is 25.3 Å². The summed E-state index contributed by atoms with van der Waals surface area (Å²) in [6.07, 6.45) is 3.04. The molecule has 0 saturated carbocycles. The first-order chi connectivity index (χ1) is 15.0. The molecule has 0 saturated heterocycles. The quantitative estimate of drug-likeness (QED) is 0.436. The molecule has 31 heavy (non-hydrogen) atoms. The van der Waals surface area contributed by atoms with E-state index in [0.29, 0.717) is 28.4 Å². The Morgan fingerprint density at radius 1 is 1.00 bits per heavy atom. The number of benzene rings is 2. The minimum absolute atomic E-state index is 0.267. The van der Waals surface area contributed by atoms with Crippen LogP contribution < -0.4 is 5.32 Å². The van der Waals surface area contributed by atoms with Gasteiger partial charge in [-0.25, -0.2) is 29.3 Å². The number of aromatic nitrogens is 6. The molecule has 0 aliphatic carbocycles. The molecule has 0 radical (unpaired) electrons. The lowest BCUT2D eigenvalue weighted by Crippen LogP contribution is -2.13. The number of H-pyrrole nitrogens is 1. The number of aryl methyl sites for hydroxylation is 2. The Morgan fingerprint density at radius 3 is 2.74 bits per heavy atom. The number of fused-ring (bicyclic) bond motifs is 2. The molecule has 0 bridgehead atoms. The topological polar surface area (TPSA) is 92.3 Å². The molecule has 5 aromatic rings. The van der Waals surface area contributed by atoms with Gasteiger partial charge in [-0.2, -0.15) is 0 Å². The lowest BCUT2D eigenvalue weighted by Gasteiger charge is -2.19. The Kier molecular flexibility index (Phi) is 4.54. The summed E-state index contributed by atoms with van der Waals surface area (Å²) in [5.41, 5.74) is 6.89. The molecule has 154 valence electrons. The van der Waals surface area contributed by atoms with Crippen LogP contribution in [0, 0.1) is 19.7 Å². The summed E-state index contributed by atoms with van der Waals surface area (Å²) >= 11 is 0.